The molecule has 0 aromatic heterocycles. The van der Waals surface area contributed by atoms with Crippen LogP contribution in [0.3, 0.4) is 0 Å². The zero-order valence-electron chi connectivity index (χ0n) is 22.3. The smallest absolute Gasteiger partial charge is 0.201 e. The van der Waals surface area contributed by atoms with E-state index in [4.69, 9.17) is 14.2 Å². The SMILES string of the molecule is CCCCOc1ccc(COc2ccc(C3=CCC(c4ccc(OCC)c(F)c4F)CC3)c(F)c2F)c(F)c1F. The predicted octanol–water partition coefficient (Wildman–Crippen LogP) is 9.03. The molecule has 0 N–H and O–H groups in total. The molecule has 214 valence electrons. The third-order valence-corrected chi connectivity index (χ3v) is 6.89. The molecule has 1 atom stereocenters. The van der Waals surface area contributed by atoms with E-state index in [-0.39, 0.29) is 47.3 Å². The van der Waals surface area contributed by atoms with Gasteiger partial charge in [0.1, 0.15) is 6.61 Å². The first-order valence-electron chi connectivity index (χ1n) is 13.3. The molecule has 4 rings (SSSR count). The highest BCUT2D eigenvalue weighted by molar-refractivity contribution is 5.68. The normalized spacial score (nSPS) is 15.1. The van der Waals surface area contributed by atoms with Gasteiger partial charge in [-0.1, -0.05) is 25.5 Å². The van der Waals surface area contributed by atoms with Gasteiger partial charge in [0.15, 0.2) is 34.7 Å². The molecule has 0 fully saturated rings. The highest BCUT2D eigenvalue weighted by Gasteiger charge is 2.26. The third kappa shape index (κ3) is 6.24. The summed E-state index contributed by atoms with van der Waals surface area (Å²) in [6.07, 6.45) is 4.22. The summed E-state index contributed by atoms with van der Waals surface area (Å²) in [6.45, 7) is 3.53. The van der Waals surface area contributed by atoms with Crippen molar-refractivity contribution in [2.45, 2.75) is 58.5 Å². The van der Waals surface area contributed by atoms with Crippen LogP contribution in [0.4, 0.5) is 26.3 Å². The van der Waals surface area contributed by atoms with Crippen molar-refractivity contribution in [2.75, 3.05) is 13.2 Å². The van der Waals surface area contributed by atoms with Gasteiger partial charge in [0.25, 0.3) is 0 Å². The number of unbranched alkanes of at least 4 members (excludes halogenated alkanes) is 1. The van der Waals surface area contributed by atoms with Crippen LogP contribution in [0.5, 0.6) is 17.2 Å². The minimum absolute atomic E-state index is 0.0208. The lowest BCUT2D eigenvalue weighted by Crippen LogP contribution is -2.09. The summed E-state index contributed by atoms with van der Waals surface area (Å²) < 4.78 is 103. The molecule has 1 aliphatic rings. The van der Waals surface area contributed by atoms with Gasteiger partial charge < -0.3 is 14.2 Å². The molecule has 9 heteroatoms. The van der Waals surface area contributed by atoms with Crippen LogP contribution in [0.25, 0.3) is 5.57 Å². The van der Waals surface area contributed by atoms with Gasteiger partial charge >= 0.3 is 0 Å². The zero-order valence-corrected chi connectivity index (χ0v) is 22.3. The Kier molecular flexibility index (Phi) is 9.66. The molecule has 0 spiro atoms. The van der Waals surface area contributed by atoms with Gasteiger partial charge in [0, 0.05) is 11.1 Å². The largest absolute Gasteiger partial charge is 0.491 e. The van der Waals surface area contributed by atoms with Crippen LogP contribution in [0.2, 0.25) is 0 Å². The van der Waals surface area contributed by atoms with Crippen LogP contribution in [-0.4, -0.2) is 13.2 Å². The van der Waals surface area contributed by atoms with Gasteiger partial charge in [0.2, 0.25) is 17.5 Å². The number of halogens is 6. The predicted molar refractivity (Wildman–Crippen MR) is 140 cm³/mol. The van der Waals surface area contributed by atoms with Crippen LogP contribution >= 0.6 is 0 Å². The highest BCUT2D eigenvalue weighted by Crippen LogP contribution is 2.40. The van der Waals surface area contributed by atoms with E-state index in [9.17, 15) is 22.0 Å². The van der Waals surface area contributed by atoms with E-state index in [1.807, 2.05) is 6.92 Å². The first-order chi connectivity index (χ1) is 19.3. The van der Waals surface area contributed by atoms with E-state index in [2.05, 4.69) is 0 Å². The van der Waals surface area contributed by atoms with Crippen LogP contribution in [0.15, 0.2) is 42.5 Å². The topological polar surface area (TPSA) is 27.7 Å². The Balaban J connectivity index is 1.44. The van der Waals surface area contributed by atoms with E-state index >= 15 is 4.39 Å². The molecule has 0 aliphatic heterocycles. The number of hydrogen-bond acceptors (Lipinski definition) is 3. The maximum absolute atomic E-state index is 15.0. The average Bonchev–Trinajstić information content (AvgIpc) is 2.96. The summed E-state index contributed by atoms with van der Waals surface area (Å²) in [5.74, 6) is -7.95. The quantitative estimate of drug-likeness (QED) is 0.172. The molecule has 1 unspecified atom stereocenters. The Morgan fingerprint density at radius 2 is 1.35 bits per heavy atom. The Morgan fingerprint density at radius 3 is 2.05 bits per heavy atom. The second-order valence-corrected chi connectivity index (χ2v) is 9.50. The molecule has 1 aliphatic carbocycles. The van der Waals surface area contributed by atoms with Crippen molar-refractivity contribution in [2.24, 2.45) is 0 Å². The summed E-state index contributed by atoms with van der Waals surface area (Å²) in [4.78, 5) is 0. The summed E-state index contributed by atoms with van der Waals surface area (Å²) in [6, 6.07) is 7.98. The lowest BCUT2D eigenvalue weighted by Gasteiger charge is -2.24. The second kappa shape index (κ2) is 13.2. The molecule has 0 saturated heterocycles. The van der Waals surface area contributed by atoms with Crippen molar-refractivity contribution in [3.8, 4) is 17.2 Å². The van der Waals surface area contributed by atoms with Crippen molar-refractivity contribution >= 4 is 5.57 Å². The molecule has 3 nitrogen and oxygen atoms in total. The van der Waals surface area contributed by atoms with Crippen molar-refractivity contribution in [1.29, 1.82) is 0 Å². The minimum Gasteiger partial charge on any atom is -0.491 e. The third-order valence-electron chi connectivity index (χ3n) is 6.89. The van der Waals surface area contributed by atoms with E-state index in [1.54, 1.807) is 13.0 Å². The van der Waals surface area contributed by atoms with E-state index < -0.39 is 47.3 Å². The van der Waals surface area contributed by atoms with Crippen molar-refractivity contribution < 1.29 is 40.6 Å². The van der Waals surface area contributed by atoms with Crippen molar-refractivity contribution in [1.82, 2.24) is 0 Å². The number of hydrogen-bond donors (Lipinski definition) is 0. The fourth-order valence-corrected chi connectivity index (χ4v) is 4.66. The monoisotopic (exact) mass is 564 g/mol. The lowest BCUT2D eigenvalue weighted by atomic mass is 9.82. The summed E-state index contributed by atoms with van der Waals surface area (Å²) in [5.41, 5.74) is 0.573. The van der Waals surface area contributed by atoms with Gasteiger partial charge in [0.05, 0.1) is 13.2 Å². The maximum atomic E-state index is 15.0. The van der Waals surface area contributed by atoms with Crippen LogP contribution in [0, 0.1) is 34.9 Å². The number of rotatable bonds is 11. The van der Waals surface area contributed by atoms with Crippen LogP contribution in [0.1, 0.15) is 68.6 Å². The Hall–Kier alpha value is -3.62. The molecular formula is C31H30F6O3. The summed E-state index contributed by atoms with van der Waals surface area (Å²) >= 11 is 0. The highest BCUT2D eigenvalue weighted by atomic mass is 19.2. The van der Waals surface area contributed by atoms with Crippen LogP contribution in [-0.2, 0) is 6.61 Å². The van der Waals surface area contributed by atoms with Crippen molar-refractivity contribution in [3.63, 3.8) is 0 Å². The molecule has 3 aromatic rings. The second-order valence-electron chi connectivity index (χ2n) is 9.50. The standard InChI is InChI=1S/C31H30F6O3/c1-3-5-16-39-24-13-10-20(26(32)29(24)35)17-40-25-15-12-22(28(34)31(25)37)19-8-6-18(7-9-19)21-11-14-23(38-4-2)30(36)27(21)33/h8,10-15,18H,3-7,9,16-17H2,1-2H3. The number of ether oxygens (including phenoxy) is 3. The fourth-order valence-electron chi connectivity index (χ4n) is 4.66. The zero-order chi connectivity index (χ0) is 28.8. The molecule has 0 bridgehead atoms. The molecule has 40 heavy (non-hydrogen) atoms. The van der Waals surface area contributed by atoms with Gasteiger partial charge in [-0.15, -0.1) is 0 Å². The number of benzene rings is 3. The Morgan fingerprint density at radius 1 is 0.700 bits per heavy atom. The first-order valence-corrected chi connectivity index (χ1v) is 13.3. The molecule has 0 heterocycles. The van der Waals surface area contributed by atoms with E-state index in [0.717, 1.165) is 6.42 Å². The fraction of sp³-hybridized carbons (Fsp3) is 0.355. The first kappa shape index (κ1) is 29.4. The maximum Gasteiger partial charge on any atom is 0.201 e. The van der Waals surface area contributed by atoms with Gasteiger partial charge in [-0.3, -0.25) is 0 Å². The average molecular weight is 565 g/mol. The molecule has 0 saturated carbocycles. The lowest BCUT2D eigenvalue weighted by molar-refractivity contribution is 0.270. The van der Waals surface area contributed by atoms with Gasteiger partial charge in [-0.25, -0.2) is 13.2 Å². The molecular weight excluding hydrogens is 534 g/mol. The van der Waals surface area contributed by atoms with Crippen LogP contribution < -0.4 is 14.2 Å². The summed E-state index contributed by atoms with van der Waals surface area (Å²) in [7, 11) is 0. The molecule has 0 amide bonds. The number of allylic oxidation sites excluding steroid dienone is 2. The van der Waals surface area contributed by atoms with E-state index in [0.29, 0.717) is 31.3 Å². The van der Waals surface area contributed by atoms with Gasteiger partial charge in [-0.2, -0.15) is 13.2 Å². The van der Waals surface area contributed by atoms with E-state index in [1.165, 1.54) is 36.4 Å². The Bertz CT molecular complexity index is 1390. The molecule has 0 radical (unpaired) electrons. The Labute approximate surface area is 229 Å². The summed E-state index contributed by atoms with van der Waals surface area (Å²) in [5, 5.41) is 0. The minimum atomic E-state index is -1.26. The van der Waals surface area contributed by atoms with Crippen molar-refractivity contribution in [3.05, 3.63) is 94.1 Å². The van der Waals surface area contributed by atoms with Gasteiger partial charge in [-0.05, 0) is 80.0 Å². The molecule has 3 aromatic carbocycles.